The quantitative estimate of drug-likeness (QED) is 0.705. The van der Waals surface area contributed by atoms with Crippen LogP contribution < -0.4 is 10.6 Å². The molecule has 8 heteroatoms. The van der Waals surface area contributed by atoms with Crippen LogP contribution in [-0.4, -0.2) is 37.9 Å². The van der Waals surface area contributed by atoms with Gasteiger partial charge in [-0.1, -0.05) is 41.8 Å². The maximum atomic E-state index is 13.1. The van der Waals surface area contributed by atoms with Gasteiger partial charge in [0.05, 0.1) is 4.90 Å². The third kappa shape index (κ3) is 5.72. The number of urea groups is 1. The normalized spacial score (nSPS) is 17.7. The summed E-state index contributed by atoms with van der Waals surface area (Å²) < 4.78 is 27.8. The molecule has 1 aliphatic rings. The van der Waals surface area contributed by atoms with E-state index in [-0.39, 0.29) is 12.1 Å². The van der Waals surface area contributed by atoms with Gasteiger partial charge in [-0.25, -0.2) is 13.2 Å². The third-order valence-corrected chi connectivity index (χ3v) is 7.25. The number of sulfonamides is 1. The molecule has 2 amide bonds. The van der Waals surface area contributed by atoms with E-state index in [9.17, 15) is 13.2 Å². The number of amides is 2. The van der Waals surface area contributed by atoms with Crippen molar-refractivity contribution in [3.8, 4) is 0 Å². The minimum absolute atomic E-state index is 0.124. The zero-order chi connectivity index (χ0) is 20.9. The molecule has 0 unspecified atom stereocenters. The van der Waals surface area contributed by atoms with Gasteiger partial charge in [0.15, 0.2) is 0 Å². The molecule has 0 bridgehead atoms. The number of benzene rings is 2. The molecule has 2 aromatic carbocycles. The van der Waals surface area contributed by atoms with E-state index in [1.807, 2.05) is 19.1 Å². The van der Waals surface area contributed by atoms with Crippen LogP contribution in [0, 0.1) is 6.92 Å². The highest BCUT2D eigenvalue weighted by molar-refractivity contribution is 7.89. The van der Waals surface area contributed by atoms with E-state index in [4.69, 9.17) is 11.6 Å². The zero-order valence-electron chi connectivity index (χ0n) is 16.4. The highest BCUT2D eigenvalue weighted by atomic mass is 35.5. The summed E-state index contributed by atoms with van der Waals surface area (Å²) in [5.41, 5.74) is 1.63. The van der Waals surface area contributed by atoms with Gasteiger partial charge in [0, 0.05) is 29.8 Å². The highest BCUT2D eigenvalue weighted by Crippen LogP contribution is 2.27. The molecule has 0 aromatic heterocycles. The molecule has 0 aliphatic carbocycles. The van der Waals surface area contributed by atoms with Crippen LogP contribution in [0.4, 0.5) is 10.5 Å². The van der Waals surface area contributed by atoms with Crippen molar-refractivity contribution in [2.24, 2.45) is 0 Å². The summed E-state index contributed by atoms with van der Waals surface area (Å²) in [5, 5.41) is 6.07. The number of anilines is 1. The molecular weight excluding hydrogens is 410 g/mol. The number of piperidine rings is 1. The first-order chi connectivity index (χ1) is 13.9. The molecule has 0 radical (unpaired) electrons. The second-order valence-corrected chi connectivity index (χ2v) is 9.59. The van der Waals surface area contributed by atoms with E-state index in [1.165, 1.54) is 0 Å². The highest BCUT2D eigenvalue weighted by Gasteiger charge is 2.33. The van der Waals surface area contributed by atoms with Gasteiger partial charge in [-0.2, -0.15) is 4.31 Å². The third-order valence-electron chi connectivity index (χ3n) is 5.05. The van der Waals surface area contributed by atoms with Crippen LogP contribution in [0.5, 0.6) is 0 Å². The first kappa shape index (κ1) is 21.6. The van der Waals surface area contributed by atoms with Crippen molar-refractivity contribution >= 4 is 33.3 Å². The van der Waals surface area contributed by atoms with E-state index in [2.05, 4.69) is 10.6 Å². The van der Waals surface area contributed by atoms with Crippen molar-refractivity contribution < 1.29 is 13.2 Å². The molecule has 29 heavy (non-hydrogen) atoms. The number of nitrogens with one attached hydrogen (secondary N) is 2. The Labute approximate surface area is 177 Å². The summed E-state index contributed by atoms with van der Waals surface area (Å²) in [6.45, 7) is 2.83. The first-order valence-electron chi connectivity index (χ1n) is 9.75. The topological polar surface area (TPSA) is 78.5 Å². The summed E-state index contributed by atoms with van der Waals surface area (Å²) >= 11 is 5.92. The molecule has 2 aromatic rings. The van der Waals surface area contributed by atoms with Gasteiger partial charge in [0.1, 0.15) is 0 Å². The summed E-state index contributed by atoms with van der Waals surface area (Å²) in [6, 6.07) is 13.4. The van der Waals surface area contributed by atoms with Gasteiger partial charge in [0.25, 0.3) is 0 Å². The number of hydrogen-bond donors (Lipinski definition) is 2. The van der Waals surface area contributed by atoms with Gasteiger partial charge in [-0.3, -0.25) is 0 Å². The van der Waals surface area contributed by atoms with Gasteiger partial charge in [-0.05, 0) is 56.5 Å². The molecule has 1 fully saturated rings. The molecule has 1 aliphatic heterocycles. The maximum Gasteiger partial charge on any atom is 0.319 e. The van der Waals surface area contributed by atoms with E-state index < -0.39 is 10.0 Å². The fourth-order valence-corrected chi connectivity index (χ4v) is 5.43. The Morgan fingerprint density at radius 2 is 1.93 bits per heavy atom. The Balaban J connectivity index is 1.58. The number of nitrogens with zero attached hydrogens (tertiary/aromatic N) is 1. The van der Waals surface area contributed by atoms with E-state index in [0.29, 0.717) is 35.1 Å². The number of carbonyl (C=O) groups excluding carboxylic acids is 1. The molecule has 156 valence electrons. The fraction of sp³-hybridized carbons (Fsp3) is 0.381. The first-order valence-corrected chi connectivity index (χ1v) is 11.6. The molecule has 0 spiro atoms. The summed E-state index contributed by atoms with van der Waals surface area (Å²) in [6.07, 6.45) is 3.19. The van der Waals surface area contributed by atoms with Crippen LogP contribution in [-0.2, 0) is 10.0 Å². The number of aryl methyl sites for hydroxylation is 1. The number of carbonyl (C=O) groups is 1. The van der Waals surface area contributed by atoms with Crippen molar-refractivity contribution in [1.82, 2.24) is 9.62 Å². The monoisotopic (exact) mass is 435 g/mol. The molecular formula is C21H26ClN3O3S. The fourth-order valence-electron chi connectivity index (χ4n) is 3.52. The van der Waals surface area contributed by atoms with Crippen LogP contribution in [0.25, 0.3) is 0 Å². The number of hydrogen-bond acceptors (Lipinski definition) is 3. The minimum Gasteiger partial charge on any atom is -0.338 e. The van der Waals surface area contributed by atoms with Gasteiger partial charge < -0.3 is 10.6 Å². The van der Waals surface area contributed by atoms with Crippen LogP contribution in [0.2, 0.25) is 5.02 Å². The molecule has 6 nitrogen and oxygen atoms in total. The Morgan fingerprint density at radius 1 is 1.17 bits per heavy atom. The zero-order valence-corrected chi connectivity index (χ0v) is 18.0. The number of rotatable bonds is 6. The average molecular weight is 436 g/mol. The van der Waals surface area contributed by atoms with Crippen molar-refractivity contribution in [2.75, 3.05) is 18.4 Å². The lowest BCUT2D eigenvalue weighted by Crippen LogP contribution is -2.45. The van der Waals surface area contributed by atoms with Crippen LogP contribution in [0.3, 0.4) is 0 Å². The molecule has 1 saturated heterocycles. The Morgan fingerprint density at radius 3 is 2.66 bits per heavy atom. The lowest BCUT2D eigenvalue weighted by molar-refractivity contribution is 0.234. The SMILES string of the molecule is Cc1ccc(S(=O)(=O)N2CCCC[C@@H]2CCNC(=O)Nc2cccc(Cl)c2)cc1. The predicted octanol–water partition coefficient (Wildman–Crippen LogP) is 4.40. The van der Waals surface area contributed by atoms with Crippen molar-refractivity contribution in [3.63, 3.8) is 0 Å². The summed E-state index contributed by atoms with van der Waals surface area (Å²) in [4.78, 5) is 12.4. The van der Waals surface area contributed by atoms with Crippen molar-refractivity contribution in [3.05, 3.63) is 59.1 Å². The Hall–Kier alpha value is -2.09. The molecule has 0 saturated carbocycles. The van der Waals surface area contributed by atoms with Gasteiger partial charge in [0.2, 0.25) is 10.0 Å². The molecule has 1 heterocycles. The van der Waals surface area contributed by atoms with Crippen LogP contribution in [0.15, 0.2) is 53.4 Å². The van der Waals surface area contributed by atoms with Crippen LogP contribution in [0.1, 0.15) is 31.2 Å². The Kier molecular flexibility index (Phi) is 7.16. The molecule has 1 atom stereocenters. The van der Waals surface area contributed by atoms with E-state index in [1.54, 1.807) is 40.7 Å². The summed E-state index contributed by atoms with van der Waals surface area (Å²) in [5.74, 6) is 0. The lowest BCUT2D eigenvalue weighted by atomic mass is 10.0. The lowest BCUT2D eigenvalue weighted by Gasteiger charge is -2.34. The Bertz CT molecular complexity index is 948. The number of halogens is 1. The average Bonchev–Trinajstić information content (AvgIpc) is 2.68. The minimum atomic E-state index is -3.54. The largest absolute Gasteiger partial charge is 0.338 e. The second kappa shape index (κ2) is 9.61. The van der Waals surface area contributed by atoms with E-state index >= 15 is 0 Å². The predicted molar refractivity (Wildman–Crippen MR) is 116 cm³/mol. The van der Waals surface area contributed by atoms with E-state index in [0.717, 1.165) is 24.8 Å². The van der Waals surface area contributed by atoms with Crippen LogP contribution >= 0.6 is 11.6 Å². The molecule has 2 N–H and O–H groups in total. The van der Waals surface area contributed by atoms with Crippen molar-refractivity contribution in [2.45, 2.75) is 43.5 Å². The van der Waals surface area contributed by atoms with Crippen molar-refractivity contribution in [1.29, 1.82) is 0 Å². The molecule has 3 rings (SSSR count). The standard InChI is InChI=1S/C21H26ClN3O3S/c1-16-8-10-20(11-9-16)29(27,28)25-14-3-2-7-19(25)12-13-23-21(26)24-18-6-4-5-17(22)15-18/h4-6,8-11,15,19H,2-3,7,12-14H2,1H3,(H2,23,24,26)/t19-/m1/s1. The smallest absolute Gasteiger partial charge is 0.319 e. The van der Waals surface area contributed by atoms with Gasteiger partial charge >= 0.3 is 6.03 Å². The maximum absolute atomic E-state index is 13.1. The van der Waals surface area contributed by atoms with Gasteiger partial charge in [-0.15, -0.1) is 0 Å². The summed E-state index contributed by atoms with van der Waals surface area (Å²) in [7, 11) is -3.54. The second-order valence-electron chi connectivity index (χ2n) is 7.26.